The Kier molecular flexibility index (Phi) is 5.12. The molecule has 2 amide bonds. The van der Waals surface area contributed by atoms with Crippen molar-refractivity contribution in [3.63, 3.8) is 0 Å². The van der Waals surface area contributed by atoms with Crippen LogP contribution < -0.4 is 10.6 Å². The molecule has 7 nitrogen and oxygen atoms in total. The lowest BCUT2D eigenvalue weighted by molar-refractivity contribution is -0.384. The number of amides is 2. The molecular weight excluding hydrogens is 236 g/mol. The maximum absolute atomic E-state index is 11.4. The Morgan fingerprint density at radius 1 is 1.50 bits per heavy atom. The van der Waals surface area contributed by atoms with E-state index in [0.29, 0.717) is 25.1 Å². The van der Waals surface area contributed by atoms with Gasteiger partial charge in [0.05, 0.1) is 11.0 Å². The molecule has 18 heavy (non-hydrogen) atoms. The van der Waals surface area contributed by atoms with E-state index in [0.717, 1.165) is 0 Å². The summed E-state index contributed by atoms with van der Waals surface area (Å²) in [5.74, 6) is 0. The monoisotopic (exact) mass is 248 g/mol. The third kappa shape index (κ3) is 4.49. The molecule has 0 atom stereocenters. The SMILES string of the molecule is N#CCCCNC(=O)Nc1cccc([N+](=O)[O-])c1. The second kappa shape index (κ2) is 6.85. The first-order chi connectivity index (χ1) is 8.63. The van der Waals surface area contributed by atoms with Crippen LogP contribution in [0.4, 0.5) is 16.2 Å². The third-order valence-electron chi connectivity index (χ3n) is 2.07. The highest BCUT2D eigenvalue weighted by Gasteiger charge is 2.07. The topological polar surface area (TPSA) is 108 Å². The molecule has 94 valence electrons. The third-order valence-corrected chi connectivity index (χ3v) is 2.07. The van der Waals surface area contributed by atoms with Gasteiger partial charge in [-0.05, 0) is 12.5 Å². The molecule has 1 aromatic rings. The molecule has 0 aromatic heterocycles. The zero-order chi connectivity index (χ0) is 13.4. The normalized spacial score (nSPS) is 9.28. The van der Waals surface area contributed by atoms with Gasteiger partial charge in [-0.1, -0.05) is 6.07 Å². The molecule has 0 unspecified atom stereocenters. The van der Waals surface area contributed by atoms with Crippen molar-refractivity contribution in [2.75, 3.05) is 11.9 Å². The molecule has 0 spiro atoms. The van der Waals surface area contributed by atoms with Crippen LogP contribution in [0.3, 0.4) is 0 Å². The number of benzene rings is 1. The number of carbonyl (C=O) groups excluding carboxylic acids is 1. The lowest BCUT2D eigenvalue weighted by Gasteiger charge is -2.06. The minimum Gasteiger partial charge on any atom is -0.338 e. The molecular formula is C11H12N4O3. The van der Waals surface area contributed by atoms with Gasteiger partial charge in [0, 0.05) is 30.8 Å². The molecule has 0 radical (unpaired) electrons. The number of nitrogens with one attached hydrogen (secondary N) is 2. The Bertz CT molecular complexity index is 481. The van der Waals surface area contributed by atoms with Crippen LogP contribution in [0.25, 0.3) is 0 Å². The fourth-order valence-electron chi connectivity index (χ4n) is 1.24. The number of unbranched alkanes of at least 4 members (excludes halogenated alkanes) is 1. The lowest BCUT2D eigenvalue weighted by Crippen LogP contribution is -2.29. The van der Waals surface area contributed by atoms with Crippen LogP contribution in [0.15, 0.2) is 24.3 Å². The highest BCUT2D eigenvalue weighted by molar-refractivity contribution is 5.89. The summed E-state index contributed by atoms with van der Waals surface area (Å²) in [5.41, 5.74) is 0.263. The smallest absolute Gasteiger partial charge is 0.319 e. The minimum absolute atomic E-state index is 0.0859. The first-order valence-corrected chi connectivity index (χ1v) is 5.29. The number of hydrogen-bond acceptors (Lipinski definition) is 4. The Morgan fingerprint density at radius 3 is 2.94 bits per heavy atom. The summed E-state index contributed by atoms with van der Waals surface area (Å²) in [6, 6.07) is 7.18. The second-order valence-corrected chi connectivity index (χ2v) is 3.45. The van der Waals surface area contributed by atoms with Gasteiger partial charge in [0.15, 0.2) is 0 Å². The number of nitriles is 1. The second-order valence-electron chi connectivity index (χ2n) is 3.45. The maximum Gasteiger partial charge on any atom is 0.319 e. The number of carbonyl (C=O) groups is 1. The number of nitrogens with zero attached hydrogens (tertiary/aromatic N) is 2. The average molecular weight is 248 g/mol. The van der Waals surface area contributed by atoms with Crippen molar-refractivity contribution in [2.24, 2.45) is 0 Å². The number of non-ortho nitro benzene ring substituents is 1. The molecule has 7 heteroatoms. The van der Waals surface area contributed by atoms with Crippen LogP contribution in [-0.2, 0) is 0 Å². The number of rotatable bonds is 5. The fourth-order valence-corrected chi connectivity index (χ4v) is 1.24. The van der Waals surface area contributed by atoms with E-state index in [-0.39, 0.29) is 5.69 Å². The van der Waals surface area contributed by atoms with Crippen molar-refractivity contribution >= 4 is 17.4 Å². The van der Waals surface area contributed by atoms with Gasteiger partial charge < -0.3 is 10.6 Å². The van der Waals surface area contributed by atoms with Crippen molar-refractivity contribution in [1.82, 2.24) is 5.32 Å². The van der Waals surface area contributed by atoms with E-state index in [9.17, 15) is 14.9 Å². The number of anilines is 1. The summed E-state index contributed by atoms with van der Waals surface area (Å²) in [6.07, 6.45) is 0.940. The maximum atomic E-state index is 11.4. The van der Waals surface area contributed by atoms with E-state index in [1.165, 1.54) is 18.2 Å². The van der Waals surface area contributed by atoms with Gasteiger partial charge in [0.25, 0.3) is 5.69 Å². The van der Waals surface area contributed by atoms with Crippen LogP contribution >= 0.6 is 0 Å². The summed E-state index contributed by atoms with van der Waals surface area (Å²) in [6.45, 7) is 0.383. The summed E-state index contributed by atoms with van der Waals surface area (Å²) in [7, 11) is 0. The van der Waals surface area contributed by atoms with Gasteiger partial charge in [0.2, 0.25) is 0 Å². The van der Waals surface area contributed by atoms with E-state index in [2.05, 4.69) is 10.6 Å². The molecule has 0 aliphatic rings. The van der Waals surface area contributed by atoms with Crippen molar-refractivity contribution < 1.29 is 9.72 Å². The molecule has 0 heterocycles. The first-order valence-electron chi connectivity index (χ1n) is 5.29. The summed E-state index contributed by atoms with van der Waals surface area (Å²) in [4.78, 5) is 21.4. The van der Waals surface area contributed by atoms with Gasteiger partial charge in [-0.2, -0.15) is 5.26 Å². The zero-order valence-electron chi connectivity index (χ0n) is 9.55. The number of nitro benzene ring substituents is 1. The van der Waals surface area contributed by atoms with Crippen molar-refractivity contribution in [1.29, 1.82) is 5.26 Å². The lowest BCUT2D eigenvalue weighted by atomic mass is 10.3. The van der Waals surface area contributed by atoms with E-state index in [4.69, 9.17) is 5.26 Å². The number of urea groups is 1. The van der Waals surface area contributed by atoms with E-state index in [1.54, 1.807) is 6.07 Å². The predicted octanol–water partition coefficient (Wildman–Crippen LogP) is 2.02. The molecule has 0 aliphatic heterocycles. The Morgan fingerprint density at radius 2 is 2.28 bits per heavy atom. The molecule has 0 aliphatic carbocycles. The van der Waals surface area contributed by atoms with Crippen LogP contribution in [0.1, 0.15) is 12.8 Å². The summed E-state index contributed by atoms with van der Waals surface area (Å²) in [5, 5.41) is 23.9. The number of nitro groups is 1. The average Bonchev–Trinajstić information content (AvgIpc) is 2.35. The van der Waals surface area contributed by atoms with Gasteiger partial charge in [0.1, 0.15) is 0 Å². The summed E-state index contributed by atoms with van der Waals surface area (Å²) < 4.78 is 0. The van der Waals surface area contributed by atoms with Crippen molar-refractivity contribution in [2.45, 2.75) is 12.8 Å². The first kappa shape index (κ1) is 13.4. The molecule has 2 N–H and O–H groups in total. The van der Waals surface area contributed by atoms with Gasteiger partial charge in [-0.25, -0.2) is 4.79 Å². The molecule has 0 bridgehead atoms. The quantitative estimate of drug-likeness (QED) is 0.472. The minimum atomic E-state index is -0.532. The van der Waals surface area contributed by atoms with Crippen molar-refractivity contribution in [3.05, 3.63) is 34.4 Å². The molecule has 0 saturated heterocycles. The standard InChI is InChI=1S/C11H12N4O3/c12-6-1-2-7-13-11(16)14-9-4-3-5-10(8-9)15(17)18/h3-5,8H,1-2,7H2,(H2,13,14,16). The summed E-state index contributed by atoms with van der Waals surface area (Å²) >= 11 is 0. The van der Waals surface area contributed by atoms with E-state index >= 15 is 0 Å². The van der Waals surface area contributed by atoms with Gasteiger partial charge in [-0.3, -0.25) is 10.1 Å². The van der Waals surface area contributed by atoms with Crippen molar-refractivity contribution in [3.8, 4) is 6.07 Å². The number of hydrogen-bond donors (Lipinski definition) is 2. The van der Waals surface area contributed by atoms with Gasteiger partial charge in [-0.15, -0.1) is 0 Å². The van der Waals surface area contributed by atoms with E-state index < -0.39 is 11.0 Å². The fraction of sp³-hybridized carbons (Fsp3) is 0.273. The molecule has 1 aromatic carbocycles. The van der Waals surface area contributed by atoms with Crippen LogP contribution in [0.5, 0.6) is 0 Å². The van der Waals surface area contributed by atoms with Gasteiger partial charge >= 0.3 is 6.03 Å². The van der Waals surface area contributed by atoms with Crippen LogP contribution in [-0.4, -0.2) is 17.5 Å². The highest BCUT2D eigenvalue weighted by Crippen LogP contribution is 2.16. The van der Waals surface area contributed by atoms with Crippen LogP contribution in [0, 0.1) is 21.4 Å². The molecule has 1 rings (SSSR count). The van der Waals surface area contributed by atoms with Crippen LogP contribution in [0.2, 0.25) is 0 Å². The molecule has 0 saturated carbocycles. The van der Waals surface area contributed by atoms with E-state index in [1.807, 2.05) is 6.07 Å². The predicted molar refractivity (Wildman–Crippen MR) is 65.0 cm³/mol. The highest BCUT2D eigenvalue weighted by atomic mass is 16.6. The Balaban J connectivity index is 2.47. The molecule has 0 fully saturated rings. The largest absolute Gasteiger partial charge is 0.338 e. The zero-order valence-corrected chi connectivity index (χ0v) is 9.55. The Labute approximate surface area is 104 Å². The Hall–Kier alpha value is -2.62.